The van der Waals surface area contributed by atoms with Crippen molar-refractivity contribution in [3.63, 3.8) is 0 Å². The van der Waals surface area contributed by atoms with Crippen LogP contribution in [-0.4, -0.2) is 75.7 Å². The van der Waals surface area contributed by atoms with Crippen LogP contribution in [0.15, 0.2) is 158 Å². The van der Waals surface area contributed by atoms with Gasteiger partial charge in [0.25, 0.3) is 0 Å². The lowest BCUT2D eigenvalue weighted by molar-refractivity contribution is 0.00499. The summed E-state index contributed by atoms with van der Waals surface area (Å²) in [5, 5.41) is 16.2. The van der Waals surface area contributed by atoms with Crippen LogP contribution in [0.1, 0.15) is 80.0 Å². The Morgan fingerprint density at radius 1 is 0.297 bits per heavy atom. The molecule has 4 aliphatic rings. The van der Waals surface area contributed by atoms with Gasteiger partial charge >= 0.3 is 0 Å². The van der Waals surface area contributed by atoms with Crippen LogP contribution in [0.4, 0.5) is 0 Å². The van der Waals surface area contributed by atoms with Gasteiger partial charge in [0, 0.05) is 26.2 Å². The van der Waals surface area contributed by atoms with Gasteiger partial charge in [-0.3, -0.25) is 9.80 Å². The second-order valence-corrected chi connectivity index (χ2v) is 20.6. The summed E-state index contributed by atoms with van der Waals surface area (Å²) >= 11 is 0. The fourth-order valence-electron chi connectivity index (χ4n) is 11.6. The molecule has 0 radical (unpaired) electrons. The minimum absolute atomic E-state index is 0.494. The van der Waals surface area contributed by atoms with E-state index in [1.165, 1.54) is 145 Å². The first kappa shape index (κ1) is 49.9. The summed E-state index contributed by atoms with van der Waals surface area (Å²) in [6.07, 6.45) is 11.4. The Morgan fingerprint density at radius 2 is 0.622 bits per heavy atom. The van der Waals surface area contributed by atoms with E-state index in [-0.39, 0.29) is 0 Å². The molecule has 0 atom stereocenters. The van der Waals surface area contributed by atoms with Gasteiger partial charge in [-0.05, 0) is 137 Å². The van der Waals surface area contributed by atoms with Crippen LogP contribution < -0.4 is 9.47 Å². The summed E-state index contributed by atoms with van der Waals surface area (Å²) in [6.45, 7) is 9.82. The molecule has 380 valence electrons. The largest absolute Gasteiger partial charge is 0.491 e. The molecule has 0 spiro atoms. The molecule has 0 N–H and O–H groups in total. The third-order valence-corrected chi connectivity index (χ3v) is 15.4. The fraction of sp³-hybridized carbons (Fsp3) is 0.343. The number of hydrogen-bond donors (Lipinski definition) is 0. The summed E-state index contributed by atoms with van der Waals surface area (Å²) in [4.78, 5) is 5.33. The maximum absolute atomic E-state index is 6.07. The standard InChI is InChI=1S/C67H72N2O5/c1-2-4-6-8-36-68(48-58-26-24-56-22-20-52-12-10-14-54-28-34-62(58)66(56)64(52)54)46-50-16-30-60(31-17-50)73-44-42-71-40-38-70-39-41-72-43-45-74-61-32-18-51(19-33-61)47-69(37-9-7-5-3-1)49-59-27-25-57-23-21-53-13-11-15-55-29-35-63(59)67(57)65(53)55/h10-35H,1-9,36-49H2. The first-order valence-electron chi connectivity index (χ1n) is 27.6. The van der Waals surface area contributed by atoms with Gasteiger partial charge in [0.05, 0.1) is 39.6 Å². The summed E-state index contributed by atoms with van der Waals surface area (Å²) < 4.78 is 29.5. The van der Waals surface area contributed by atoms with Crippen molar-refractivity contribution in [2.24, 2.45) is 0 Å². The fourth-order valence-corrected chi connectivity index (χ4v) is 11.6. The van der Waals surface area contributed by atoms with Crippen LogP contribution in [0, 0.1) is 0 Å². The van der Waals surface area contributed by atoms with Gasteiger partial charge < -0.3 is 23.7 Å². The Bertz CT molecular complexity index is 3080. The van der Waals surface area contributed by atoms with Gasteiger partial charge in [-0.2, -0.15) is 0 Å². The van der Waals surface area contributed by atoms with E-state index >= 15 is 0 Å². The minimum Gasteiger partial charge on any atom is -0.491 e. The molecule has 0 aliphatic carbocycles. The van der Waals surface area contributed by atoms with Crippen LogP contribution in [-0.2, 0) is 40.4 Å². The summed E-state index contributed by atoms with van der Waals surface area (Å²) in [7, 11) is 0. The summed E-state index contributed by atoms with van der Waals surface area (Å²) in [6, 6.07) is 58.6. The van der Waals surface area contributed by atoms with E-state index in [2.05, 4.69) is 168 Å². The van der Waals surface area contributed by atoms with Gasteiger partial charge in [0.1, 0.15) is 24.7 Å². The number of hydrogen-bond acceptors (Lipinski definition) is 7. The maximum atomic E-state index is 6.07. The third-order valence-electron chi connectivity index (χ3n) is 15.4. The van der Waals surface area contributed by atoms with Crippen molar-refractivity contribution in [2.45, 2.75) is 84.0 Å². The monoisotopic (exact) mass is 985 g/mol. The maximum Gasteiger partial charge on any atom is 0.119 e. The lowest BCUT2D eigenvalue weighted by Gasteiger charge is -2.24. The average molecular weight is 985 g/mol. The van der Waals surface area contributed by atoms with Crippen LogP contribution in [0.5, 0.6) is 11.5 Å². The van der Waals surface area contributed by atoms with Crippen molar-refractivity contribution in [1.82, 2.24) is 9.80 Å². The third kappa shape index (κ3) is 12.3. The molecule has 4 bridgehead atoms. The average Bonchev–Trinajstić information content (AvgIpc) is 3.43. The topological polar surface area (TPSA) is 52.6 Å². The molecule has 7 heteroatoms. The highest BCUT2D eigenvalue weighted by atomic mass is 16.6. The molecule has 0 fully saturated rings. The lowest BCUT2D eigenvalue weighted by Crippen LogP contribution is -2.24. The first-order chi connectivity index (χ1) is 36.7. The molecule has 10 aromatic carbocycles. The van der Waals surface area contributed by atoms with E-state index in [1.54, 1.807) is 0 Å². The number of nitrogens with zero attached hydrogens (tertiary/aromatic N) is 2. The molecule has 0 unspecified atom stereocenters. The van der Waals surface area contributed by atoms with E-state index in [4.69, 9.17) is 23.7 Å². The predicted molar refractivity (Wildman–Crippen MR) is 306 cm³/mol. The van der Waals surface area contributed by atoms with Crippen LogP contribution in [0.25, 0.3) is 64.6 Å². The normalized spacial score (nSPS) is 17.2. The second kappa shape index (κ2) is 24.8. The molecule has 0 amide bonds. The molecular weight excluding hydrogens is 913 g/mol. The molecule has 4 aliphatic heterocycles. The molecule has 14 rings (SSSR count). The Morgan fingerprint density at radius 3 is 1.01 bits per heavy atom. The summed E-state index contributed by atoms with van der Waals surface area (Å²) in [5.41, 5.74) is 5.41. The summed E-state index contributed by atoms with van der Waals surface area (Å²) in [5.74, 6) is 1.73. The van der Waals surface area contributed by atoms with Crippen molar-refractivity contribution in [3.8, 4) is 11.5 Å². The van der Waals surface area contributed by atoms with Crippen molar-refractivity contribution in [3.05, 3.63) is 180 Å². The second-order valence-electron chi connectivity index (χ2n) is 20.6. The Balaban J connectivity index is 0.731. The van der Waals surface area contributed by atoms with Gasteiger partial charge in [0.2, 0.25) is 0 Å². The Kier molecular flexibility index (Phi) is 16.7. The zero-order valence-corrected chi connectivity index (χ0v) is 43.2. The van der Waals surface area contributed by atoms with Crippen LogP contribution in [0.3, 0.4) is 0 Å². The molecule has 0 aromatic heterocycles. The Labute approximate surface area is 437 Å². The van der Waals surface area contributed by atoms with Gasteiger partial charge in [0.15, 0.2) is 0 Å². The van der Waals surface area contributed by atoms with Crippen molar-refractivity contribution in [2.75, 3.05) is 65.9 Å². The van der Waals surface area contributed by atoms with E-state index in [1.807, 2.05) is 0 Å². The van der Waals surface area contributed by atoms with Gasteiger partial charge in [-0.15, -0.1) is 0 Å². The number of benzene rings is 10. The number of rotatable bonds is 4. The van der Waals surface area contributed by atoms with Gasteiger partial charge in [-0.1, -0.05) is 178 Å². The van der Waals surface area contributed by atoms with Crippen molar-refractivity contribution < 1.29 is 23.7 Å². The van der Waals surface area contributed by atoms with Crippen molar-refractivity contribution >= 4 is 64.6 Å². The van der Waals surface area contributed by atoms with Crippen molar-refractivity contribution in [1.29, 1.82) is 0 Å². The Hall–Kier alpha value is -6.32. The molecule has 0 saturated heterocycles. The van der Waals surface area contributed by atoms with E-state index < -0.39 is 0 Å². The molecule has 4 heterocycles. The molecule has 74 heavy (non-hydrogen) atoms. The molecular formula is C67H72N2O5. The SMILES string of the molecule is c1cc2ccc3ccc(CN4CCCCCCCCCCCN(Cc5ccc6ccc7cccc8ccc5c6c78)Cc5ccc(cc5)OCCOCCOCCOCCOc5ccc(cc5)C4)c4ccc(c1)c2c34. The highest BCUT2D eigenvalue weighted by Crippen LogP contribution is 2.38. The van der Waals surface area contributed by atoms with E-state index in [9.17, 15) is 0 Å². The quantitative estimate of drug-likeness (QED) is 0.163. The molecule has 0 saturated carbocycles. The smallest absolute Gasteiger partial charge is 0.119 e. The predicted octanol–water partition coefficient (Wildman–Crippen LogP) is 15.5. The van der Waals surface area contributed by atoms with E-state index in [0.29, 0.717) is 52.9 Å². The highest BCUT2D eigenvalue weighted by molar-refractivity contribution is 6.24. The first-order valence-corrected chi connectivity index (χ1v) is 27.6. The van der Waals surface area contributed by atoms with Crippen LogP contribution in [0.2, 0.25) is 0 Å². The zero-order chi connectivity index (χ0) is 49.7. The van der Waals surface area contributed by atoms with Crippen LogP contribution >= 0.6 is 0 Å². The van der Waals surface area contributed by atoms with E-state index in [0.717, 1.165) is 50.8 Å². The lowest BCUT2D eigenvalue weighted by atomic mass is 9.92. The molecule has 10 aromatic rings. The highest BCUT2D eigenvalue weighted by Gasteiger charge is 2.17. The molecule has 7 nitrogen and oxygen atoms in total. The zero-order valence-electron chi connectivity index (χ0n) is 43.2. The minimum atomic E-state index is 0.494. The van der Waals surface area contributed by atoms with Gasteiger partial charge in [-0.25, -0.2) is 0 Å². The number of ether oxygens (including phenoxy) is 5.